The lowest BCUT2D eigenvalue weighted by atomic mass is 10.2. The lowest BCUT2D eigenvalue weighted by Crippen LogP contribution is -2.29. The van der Waals surface area contributed by atoms with Gasteiger partial charge in [-0.25, -0.2) is 9.48 Å². The van der Waals surface area contributed by atoms with Crippen molar-refractivity contribution in [1.29, 1.82) is 0 Å². The Balaban J connectivity index is 2.33. The molecule has 0 spiro atoms. The molecule has 1 unspecified atom stereocenters. The zero-order valence-electron chi connectivity index (χ0n) is 8.43. The van der Waals surface area contributed by atoms with Crippen LogP contribution in [0, 0.1) is 0 Å². The minimum absolute atomic E-state index is 0.0698. The van der Waals surface area contributed by atoms with E-state index in [1.165, 1.54) is 7.11 Å². The molecule has 2 heterocycles. The first-order valence-electron chi connectivity index (χ1n) is 4.75. The summed E-state index contributed by atoms with van der Waals surface area (Å²) < 4.78 is 6.20. The Kier molecular flexibility index (Phi) is 2.55. The van der Waals surface area contributed by atoms with Gasteiger partial charge in [-0.15, -0.1) is 5.10 Å². The quantitative estimate of drug-likeness (QED) is 0.633. The molecule has 0 aromatic carbocycles. The molecule has 1 aromatic heterocycles. The molecule has 0 amide bonds. The van der Waals surface area contributed by atoms with Crippen LogP contribution >= 0.6 is 0 Å². The van der Waals surface area contributed by atoms with Gasteiger partial charge >= 0.3 is 5.97 Å². The Bertz CT molecular complexity index is 375. The van der Waals surface area contributed by atoms with Gasteiger partial charge in [0.1, 0.15) is 0 Å². The first-order valence-corrected chi connectivity index (χ1v) is 4.75. The predicted molar refractivity (Wildman–Crippen MR) is 52.6 cm³/mol. The van der Waals surface area contributed by atoms with Crippen LogP contribution in [0.3, 0.4) is 0 Å². The Labute approximate surface area is 86.6 Å². The maximum absolute atomic E-state index is 11.2. The number of hydrogen-bond donors (Lipinski definition) is 2. The summed E-state index contributed by atoms with van der Waals surface area (Å²) in [7, 11) is 1.30. The number of aromatic nitrogens is 3. The molecule has 3 N–H and O–H groups in total. The number of carbonyl (C=O) groups excluding carboxylic acids is 1. The lowest BCUT2D eigenvalue weighted by Gasteiger charge is -2.22. The van der Waals surface area contributed by atoms with E-state index in [-0.39, 0.29) is 11.9 Å². The maximum atomic E-state index is 11.2. The Morgan fingerprint density at radius 2 is 2.60 bits per heavy atom. The van der Waals surface area contributed by atoms with Crippen molar-refractivity contribution >= 4 is 11.9 Å². The van der Waals surface area contributed by atoms with Crippen LogP contribution in [0.5, 0.6) is 0 Å². The van der Waals surface area contributed by atoms with Crippen molar-refractivity contribution in [2.24, 2.45) is 5.73 Å². The molecule has 1 aromatic rings. The molecular formula is C8H13N5O2. The summed E-state index contributed by atoms with van der Waals surface area (Å²) in [6.07, 6.45) is 0.882. The molecule has 7 nitrogen and oxygen atoms in total. The van der Waals surface area contributed by atoms with Crippen molar-refractivity contribution < 1.29 is 9.53 Å². The molecule has 1 atom stereocenters. The van der Waals surface area contributed by atoms with Gasteiger partial charge in [0.25, 0.3) is 5.82 Å². The van der Waals surface area contributed by atoms with E-state index >= 15 is 0 Å². The second-order valence-electron chi connectivity index (χ2n) is 3.30. The highest BCUT2D eigenvalue weighted by atomic mass is 16.5. The summed E-state index contributed by atoms with van der Waals surface area (Å²) in [5, 5.41) is 7.11. The highest BCUT2D eigenvalue weighted by molar-refractivity contribution is 5.85. The van der Waals surface area contributed by atoms with Gasteiger partial charge in [-0.3, -0.25) is 0 Å². The topological polar surface area (TPSA) is 95.1 Å². The van der Waals surface area contributed by atoms with E-state index in [1.807, 2.05) is 0 Å². The summed E-state index contributed by atoms with van der Waals surface area (Å²) in [6.45, 7) is 1.28. The van der Waals surface area contributed by atoms with Gasteiger partial charge in [0, 0.05) is 13.1 Å². The largest absolute Gasteiger partial charge is 0.463 e. The smallest absolute Gasteiger partial charge is 0.378 e. The normalized spacial score (nSPS) is 19.2. The van der Waals surface area contributed by atoms with Crippen LogP contribution in [0.4, 0.5) is 5.95 Å². The van der Waals surface area contributed by atoms with Crippen LogP contribution in [0.25, 0.3) is 0 Å². The molecule has 0 fully saturated rings. The highest BCUT2D eigenvalue weighted by Gasteiger charge is 2.24. The number of fused-ring (bicyclic) bond motifs is 1. The van der Waals surface area contributed by atoms with Crippen LogP contribution in [-0.2, 0) is 4.74 Å². The van der Waals surface area contributed by atoms with Gasteiger partial charge in [0.05, 0.1) is 13.2 Å². The van der Waals surface area contributed by atoms with E-state index in [4.69, 9.17) is 5.73 Å². The fraction of sp³-hybridized carbons (Fsp3) is 0.625. The minimum atomic E-state index is -0.533. The van der Waals surface area contributed by atoms with Crippen LogP contribution in [0.2, 0.25) is 0 Å². The van der Waals surface area contributed by atoms with E-state index in [9.17, 15) is 4.79 Å². The molecule has 0 saturated heterocycles. The van der Waals surface area contributed by atoms with Crippen LogP contribution < -0.4 is 11.1 Å². The Morgan fingerprint density at radius 3 is 3.27 bits per heavy atom. The number of esters is 1. The van der Waals surface area contributed by atoms with E-state index in [0.717, 1.165) is 13.0 Å². The zero-order valence-corrected chi connectivity index (χ0v) is 8.43. The fourth-order valence-corrected chi connectivity index (χ4v) is 1.57. The number of nitrogens with two attached hydrogens (primary N) is 1. The third-order valence-corrected chi connectivity index (χ3v) is 2.38. The van der Waals surface area contributed by atoms with Gasteiger partial charge in [-0.2, -0.15) is 4.98 Å². The fourth-order valence-electron chi connectivity index (χ4n) is 1.57. The number of nitrogens with zero attached hydrogens (tertiary/aromatic N) is 3. The van der Waals surface area contributed by atoms with E-state index in [0.29, 0.717) is 12.5 Å². The van der Waals surface area contributed by atoms with Crippen molar-refractivity contribution in [2.45, 2.75) is 12.5 Å². The van der Waals surface area contributed by atoms with Crippen molar-refractivity contribution in [3.8, 4) is 0 Å². The van der Waals surface area contributed by atoms with Gasteiger partial charge in [-0.1, -0.05) is 0 Å². The van der Waals surface area contributed by atoms with Crippen molar-refractivity contribution in [3.05, 3.63) is 5.82 Å². The van der Waals surface area contributed by atoms with E-state index in [2.05, 4.69) is 20.1 Å². The Morgan fingerprint density at radius 1 is 1.80 bits per heavy atom. The van der Waals surface area contributed by atoms with Crippen molar-refractivity contribution in [2.75, 3.05) is 25.5 Å². The zero-order chi connectivity index (χ0) is 10.8. The molecule has 0 radical (unpaired) electrons. The molecule has 1 aliphatic heterocycles. The number of nitrogens with one attached hydrogen (secondary N) is 1. The van der Waals surface area contributed by atoms with Gasteiger partial charge in [-0.05, 0) is 6.42 Å². The number of ether oxygens (including phenoxy) is 1. The first kappa shape index (κ1) is 9.91. The van der Waals surface area contributed by atoms with Crippen molar-refractivity contribution in [1.82, 2.24) is 14.8 Å². The lowest BCUT2D eigenvalue weighted by molar-refractivity contribution is 0.0586. The molecule has 7 heteroatoms. The summed E-state index contributed by atoms with van der Waals surface area (Å²) in [5.74, 6) is 0.118. The standard InChI is InChI=1S/C8H13N5O2/c1-15-7(14)6-11-8-10-3-2-5(4-9)13(8)12-6/h5H,2-4,9H2,1H3,(H,10,11,12). The first-order chi connectivity index (χ1) is 7.26. The maximum Gasteiger partial charge on any atom is 0.378 e. The van der Waals surface area contributed by atoms with E-state index in [1.54, 1.807) is 4.68 Å². The van der Waals surface area contributed by atoms with Gasteiger partial charge in [0.15, 0.2) is 0 Å². The van der Waals surface area contributed by atoms with E-state index < -0.39 is 5.97 Å². The number of carbonyl (C=O) groups is 1. The van der Waals surface area contributed by atoms with Gasteiger partial charge < -0.3 is 15.8 Å². The highest BCUT2D eigenvalue weighted by Crippen LogP contribution is 2.20. The summed E-state index contributed by atoms with van der Waals surface area (Å²) in [5.41, 5.74) is 5.60. The van der Waals surface area contributed by atoms with Crippen LogP contribution in [-0.4, -0.2) is 40.9 Å². The molecule has 15 heavy (non-hydrogen) atoms. The molecule has 82 valence electrons. The molecule has 2 rings (SSSR count). The number of hydrogen-bond acceptors (Lipinski definition) is 6. The molecule has 0 saturated carbocycles. The predicted octanol–water partition coefficient (Wildman–Crippen LogP) is -0.620. The number of anilines is 1. The van der Waals surface area contributed by atoms with Gasteiger partial charge in [0.2, 0.25) is 5.95 Å². The average Bonchev–Trinajstić information content (AvgIpc) is 2.71. The van der Waals surface area contributed by atoms with Crippen LogP contribution in [0.15, 0.2) is 0 Å². The average molecular weight is 211 g/mol. The SMILES string of the molecule is COC(=O)c1nc2n(n1)C(CN)CCN2. The third kappa shape index (κ3) is 1.65. The Hall–Kier alpha value is -1.63. The van der Waals surface area contributed by atoms with Crippen LogP contribution in [0.1, 0.15) is 23.1 Å². The van der Waals surface area contributed by atoms with Crippen molar-refractivity contribution in [3.63, 3.8) is 0 Å². The number of methoxy groups -OCH3 is 1. The molecule has 0 bridgehead atoms. The third-order valence-electron chi connectivity index (χ3n) is 2.38. The second-order valence-corrected chi connectivity index (χ2v) is 3.30. The number of rotatable bonds is 2. The second kappa shape index (κ2) is 3.85. The minimum Gasteiger partial charge on any atom is -0.463 e. The molecule has 1 aliphatic rings. The monoisotopic (exact) mass is 211 g/mol. The summed E-state index contributed by atoms with van der Waals surface area (Å²) in [4.78, 5) is 15.2. The summed E-state index contributed by atoms with van der Waals surface area (Å²) in [6, 6.07) is 0.104. The summed E-state index contributed by atoms with van der Waals surface area (Å²) >= 11 is 0. The molecule has 0 aliphatic carbocycles. The molecular weight excluding hydrogens is 198 g/mol.